The van der Waals surface area contributed by atoms with Gasteiger partial charge < -0.3 is 9.16 Å². The lowest BCUT2D eigenvalue weighted by Crippen LogP contribution is -2.44. The first-order valence-electron chi connectivity index (χ1n) is 7.13. The molecule has 1 aliphatic carbocycles. The summed E-state index contributed by atoms with van der Waals surface area (Å²) in [5.41, 5.74) is 0. The van der Waals surface area contributed by atoms with Crippen LogP contribution in [0.3, 0.4) is 0 Å². The predicted octanol–water partition coefficient (Wildman–Crippen LogP) is 4.11. The molecule has 3 heteroatoms. The van der Waals surface area contributed by atoms with Crippen molar-refractivity contribution in [2.45, 2.75) is 89.3 Å². The van der Waals surface area contributed by atoms with Crippen molar-refractivity contribution in [2.24, 2.45) is 0 Å². The van der Waals surface area contributed by atoms with Gasteiger partial charge in [-0.3, -0.25) is 0 Å². The van der Waals surface area contributed by atoms with Crippen LogP contribution in [0.15, 0.2) is 0 Å². The second kappa shape index (κ2) is 4.67. The molecule has 0 aromatic carbocycles. The van der Waals surface area contributed by atoms with Crippen LogP contribution in [0.5, 0.6) is 0 Å². The highest BCUT2D eigenvalue weighted by molar-refractivity contribution is 6.74. The first-order chi connectivity index (χ1) is 7.79. The minimum atomic E-state index is -1.58. The third kappa shape index (κ3) is 3.33. The summed E-state index contributed by atoms with van der Waals surface area (Å²) in [6.45, 7) is 11.7. The number of rotatable bonds is 2. The molecule has 0 aromatic rings. The van der Waals surface area contributed by atoms with E-state index in [1.54, 1.807) is 0 Å². The molecule has 3 atom stereocenters. The van der Waals surface area contributed by atoms with E-state index in [-0.39, 0.29) is 0 Å². The highest BCUT2D eigenvalue weighted by atomic mass is 28.4. The molecule has 0 amide bonds. The number of hydrogen-bond acceptors (Lipinski definition) is 2. The van der Waals surface area contributed by atoms with Gasteiger partial charge in [0.1, 0.15) is 0 Å². The van der Waals surface area contributed by atoms with Gasteiger partial charge in [-0.05, 0) is 50.2 Å². The van der Waals surface area contributed by atoms with Crippen LogP contribution >= 0.6 is 0 Å². The van der Waals surface area contributed by atoms with Crippen molar-refractivity contribution < 1.29 is 9.16 Å². The van der Waals surface area contributed by atoms with Crippen LogP contribution in [-0.2, 0) is 9.16 Å². The zero-order valence-corrected chi connectivity index (χ0v) is 13.1. The molecule has 2 fully saturated rings. The molecular weight excluding hydrogens is 228 g/mol. The minimum absolute atomic E-state index is 0.327. The van der Waals surface area contributed by atoms with Gasteiger partial charge in [0, 0.05) is 6.10 Å². The number of epoxide rings is 1. The average molecular weight is 256 g/mol. The largest absolute Gasteiger partial charge is 0.414 e. The van der Waals surface area contributed by atoms with E-state index in [1.807, 2.05) is 0 Å². The molecule has 1 saturated heterocycles. The first-order valence-corrected chi connectivity index (χ1v) is 10.0. The molecule has 1 saturated carbocycles. The third-order valence-corrected chi connectivity index (χ3v) is 9.28. The molecule has 2 rings (SSSR count). The van der Waals surface area contributed by atoms with Crippen LogP contribution < -0.4 is 0 Å². The van der Waals surface area contributed by atoms with E-state index < -0.39 is 8.32 Å². The Balaban J connectivity index is 1.88. The van der Waals surface area contributed by atoms with E-state index in [0.717, 1.165) is 0 Å². The van der Waals surface area contributed by atoms with Crippen LogP contribution in [0, 0.1) is 0 Å². The molecule has 0 bridgehead atoms. The third-order valence-electron chi connectivity index (χ3n) is 4.74. The normalized spacial score (nSPS) is 34.8. The van der Waals surface area contributed by atoms with Crippen LogP contribution in [0.25, 0.3) is 0 Å². The fraction of sp³-hybridized carbons (Fsp3) is 1.00. The molecule has 0 unspecified atom stereocenters. The van der Waals surface area contributed by atoms with Crippen LogP contribution in [0.2, 0.25) is 18.1 Å². The van der Waals surface area contributed by atoms with Crippen molar-refractivity contribution in [2.75, 3.05) is 0 Å². The zero-order chi connectivity index (χ0) is 12.7. The predicted molar refractivity (Wildman–Crippen MR) is 73.8 cm³/mol. The Morgan fingerprint density at radius 3 is 2.29 bits per heavy atom. The summed E-state index contributed by atoms with van der Waals surface area (Å²) in [4.78, 5) is 0. The van der Waals surface area contributed by atoms with E-state index in [0.29, 0.717) is 23.4 Å². The molecule has 0 spiro atoms. The zero-order valence-electron chi connectivity index (χ0n) is 12.1. The van der Waals surface area contributed by atoms with Gasteiger partial charge in [-0.1, -0.05) is 20.8 Å². The second-order valence-corrected chi connectivity index (χ2v) is 12.0. The Kier molecular flexibility index (Phi) is 3.73. The summed E-state index contributed by atoms with van der Waals surface area (Å²) in [6.07, 6.45) is 7.84. The maximum Gasteiger partial charge on any atom is 0.192 e. The van der Waals surface area contributed by atoms with E-state index in [2.05, 4.69) is 33.9 Å². The molecule has 100 valence electrons. The summed E-state index contributed by atoms with van der Waals surface area (Å²) in [7, 11) is -1.58. The first kappa shape index (κ1) is 13.6. The van der Waals surface area contributed by atoms with Gasteiger partial charge in [-0.2, -0.15) is 0 Å². The van der Waals surface area contributed by atoms with Crippen molar-refractivity contribution in [3.8, 4) is 0 Å². The van der Waals surface area contributed by atoms with Crippen LogP contribution in [-0.4, -0.2) is 26.6 Å². The average Bonchev–Trinajstić information content (AvgIpc) is 2.86. The van der Waals surface area contributed by atoms with Gasteiger partial charge in [-0.15, -0.1) is 0 Å². The Morgan fingerprint density at radius 1 is 1.00 bits per heavy atom. The summed E-state index contributed by atoms with van der Waals surface area (Å²) in [6, 6.07) is 0. The lowest BCUT2D eigenvalue weighted by molar-refractivity contribution is 0.151. The van der Waals surface area contributed by atoms with E-state index in [9.17, 15) is 0 Å². The van der Waals surface area contributed by atoms with E-state index in [4.69, 9.17) is 9.16 Å². The Bertz CT molecular complexity index is 270. The fourth-order valence-electron chi connectivity index (χ4n) is 2.44. The van der Waals surface area contributed by atoms with Crippen LogP contribution in [0.4, 0.5) is 0 Å². The lowest BCUT2D eigenvalue weighted by atomic mass is 9.99. The number of hydrogen-bond donors (Lipinski definition) is 0. The molecule has 17 heavy (non-hydrogen) atoms. The highest BCUT2D eigenvalue weighted by Crippen LogP contribution is 2.40. The van der Waals surface area contributed by atoms with Gasteiger partial charge in [0.25, 0.3) is 0 Å². The number of ether oxygens (including phenoxy) is 1. The molecule has 2 aliphatic rings. The van der Waals surface area contributed by atoms with Gasteiger partial charge in [0.2, 0.25) is 0 Å². The molecule has 0 radical (unpaired) electrons. The maximum absolute atomic E-state index is 6.53. The monoisotopic (exact) mass is 256 g/mol. The van der Waals surface area contributed by atoms with Crippen LogP contribution in [0.1, 0.15) is 52.9 Å². The maximum atomic E-state index is 6.53. The SMILES string of the molecule is CC(C)(C)[Si](C)(C)O[C@H]1CCC[C@H]2O[C@H]2CC1. The summed E-state index contributed by atoms with van der Waals surface area (Å²) in [5.74, 6) is 0. The van der Waals surface area contributed by atoms with Crippen molar-refractivity contribution in [1.29, 1.82) is 0 Å². The van der Waals surface area contributed by atoms with E-state index in [1.165, 1.54) is 32.1 Å². The van der Waals surface area contributed by atoms with Crippen molar-refractivity contribution in [3.63, 3.8) is 0 Å². The quantitative estimate of drug-likeness (QED) is 0.548. The Labute approximate surface area is 107 Å². The molecule has 0 N–H and O–H groups in total. The fourth-order valence-corrected chi connectivity index (χ4v) is 3.86. The Morgan fingerprint density at radius 2 is 1.65 bits per heavy atom. The number of fused-ring (bicyclic) bond motifs is 1. The molecule has 0 aromatic heterocycles. The molecule has 1 heterocycles. The summed E-state index contributed by atoms with van der Waals surface area (Å²) < 4.78 is 12.2. The molecule has 2 nitrogen and oxygen atoms in total. The van der Waals surface area contributed by atoms with Gasteiger partial charge >= 0.3 is 0 Å². The summed E-state index contributed by atoms with van der Waals surface area (Å²) in [5, 5.41) is 0.327. The van der Waals surface area contributed by atoms with Gasteiger partial charge in [-0.25, -0.2) is 0 Å². The van der Waals surface area contributed by atoms with Gasteiger partial charge in [0.05, 0.1) is 12.2 Å². The van der Waals surface area contributed by atoms with Crippen molar-refractivity contribution >= 4 is 8.32 Å². The second-order valence-electron chi connectivity index (χ2n) is 7.22. The molecular formula is C14H28O2Si. The smallest absolute Gasteiger partial charge is 0.192 e. The lowest BCUT2D eigenvalue weighted by Gasteiger charge is -2.39. The minimum Gasteiger partial charge on any atom is -0.414 e. The van der Waals surface area contributed by atoms with Gasteiger partial charge in [0.15, 0.2) is 8.32 Å². The van der Waals surface area contributed by atoms with Crippen molar-refractivity contribution in [1.82, 2.24) is 0 Å². The topological polar surface area (TPSA) is 21.8 Å². The van der Waals surface area contributed by atoms with Crippen molar-refractivity contribution in [3.05, 3.63) is 0 Å². The summed E-state index contributed by atoms with van der Waals surface area (Å²) >= 11 is 0. The standard InChI is InChI=1S/C14H28O2Si/c1-14(2,3)17(4,5)16-11-7-6-8-12-13(15-12)10-9-11/h11-13H,6-10H2,1-5H3/t11-,12+,13-/m0/s1. The highest BCUT2D eigenvalue weighted by Gasteiger charge is 2.42. The molecule has 1 aliphatic heterocycles. The Hall–Kier alpha value is 0.137. The van der Waals surface area contributed by atoms with E-state index >= 15 is 0 Å².